The standard InChI is InChI=1S/C14H18N2/c1-11(2)8-12-4-6-13(7-5-12)14-9-16(3)10-15-14/h4-7,9-11H,8H2,1-3H3. The van der Waals surface area contributed by atoms with Crippen LogP contribution in [0.1, 0.15) is 19.4 Å². The summed E-state index contributed by atoms with van der Waals surface area (Å²) in [6, 6.07) is 8.70. The third kappa shape index (κ3) is 2.51. The van der Waals surface area contributed by atoms with E-state index in [1.807, 2.05) is 24.1 Å². The van der Waals surface area contributed by atoms with Crippen molar-refractivity contribution in [2.24, 2.45) is 13.0 Å². The lowest BCUT2D eigenvalue weighted by atomic mass is 10.0. The minimum atomic E-state index is 0.709. The molecule has 84 valence electrons. The molecule has 1 aromatic heterocycles. The average Bonchev–Trinajstić information content (AvgIpc) is 2.65. The van der Waals surface area contributed by atoms with Crippen LogP contribution >= 0.6 is 0 Å². The molecule has 0 bridgehead atoms. The molecule has 1 aromatic carbocycles. The zero-order valence-electron chi connectivity index (χ0n) is 10.1. The van der Waals surface area contributed by atoms with Crippen LogP contribution in [-0.4, -0.2) is 9.55 Å². The molecular weight excluding hydrogens is 196 g/mol. The summed E-state index contributed by atoms with van der Waals surface area (Å²) in [5.41, 5.74) is 3.63. The summed E-state index contributed by atoms with van der Waals surface area (Å²) in [4.78, 5) is 4.34. The molecule has 0 atom stereocenters. The maximum atomic E-state index is 4.34. The molecule has 2 aromatic rings. The summed E-state index contributed by atoms with van der Waals surface area (Å²) in [5.74, 6) is 0.709. The second-order valence-electron chi connectivity index (χ2n) is 4.72. The van der Waals surface area contributed by atoms with E-state index in [4.69, 9.17) is 0 Å². The minimum absolute atomic E-state index is 0.709. The van der Waals surface area contributed by atoms with Gasteiger partial charge in [-0.1, -0.05) is 38.1 Å². The van der Waals surface area contributed by atoms with Gasteiger partial charge in [0.25, 0.3) is 0 Å². The maximum absolute atomic E-state index is 4.34. The summed E-state index contributed by atoms with van der Waals surface area (Å²) in [7, 11) is 1.99. The lowest BCUT2D eigenvalue weighted by Gasteiger charge is -2.05. The Morgan fingerprint density at radius 1 is 1.19 bits per heavy atom. The predicted molar refractivity (Wildman–Crippen MR) is 67.2 cm³/mol. The normalized spacial score (nSPS) is 11.0. The van der Waals surface area contributed by atoms with E-state index in [1.165, 1.54) is 11.1 Å². The SMILES string of the molecule is CC(C)Cc1ccc(-c2cn(C)cn2)cc1. The fourth-order valence-corrected chi connectivity index (χ4v) is 1.84. The zero-order chi connectivity index (χ0) is 11.5. The predicted octanol–water partition coefficient (Wildman–Crippen LogP) is 3.29. The van der Waals surface area contributed by atoms with Gasteiger partial charge in [-0.25, -0.2) is 4.98 Å². The van der Waals surface area contributed by atoms with Crippen molar-refractivity contribution in [2.45, 2.75) is 20.3 Å². The molecule has 0 fully saturated rings. The van der Waals surface area contributed by atoms with Crippen LogP contribution in [0.15, 0.2) is 36.8 Å². The van der Waals surface area contributed by atoms with Crippen LogP contribution in [0.3, 0.4) is 0 Å². The average molecular weight is 214 g/mol. The molecule has 0 aliphatic rings. The molecule has 0 aliphatic heterocycles. The van der Waals surface area contributed by atoms with E-state index in [9.17, 15) is 0 Å². The van der Waals surface area contributed by atoms with E-state index in [2.05, 4.69) is 43.1 Å². The Labute approximate surface area is 97.0 Å². The van der Waals surface area contributed by atoms with Crippen molar-refractivity contribution >= 4 is 0 Å². The first kappa shape index (κ1) is 10.9. The smallest absolute Gasteiger partial charge is 0.0951 e. The lowest BCUT2D eigenvalue weighted by molar-refractivity contribution is 0.647. The molecule has 0 aliphatic carbocycles. The Morgan fingerprint density at radius 2 is 1.88 bits per heavy atom. The zero-order valence-corrected chi connectivity index (χ0v) is 10.1. The van der Waals surface area contributed by atoms with Gasteiger partial charge in [0, 0.05) is 18.8 Å². The number of hydrogen-bond donors (Lipinski definition) is 0. The second-order valence-corrected chi connectivity index (χ2v) is 4.72. The highest BCUT2D eigenvalue weighted by molar-refractivity contribution is 5.58. The van der Waals surface area contributed by atoms with E-state index in [1.54, 1.807) is 0 Å². The Kier molecular flexibility index (Phi) is 3.09. The van der Waals surface area contributed by atoms with E-state index in [-0.39, 0.29) is 0 Å². The van der Waals surface area contributed by atoms with Crippen molar-refractivity contribution in [3.63, 3.8) is 0 Å². The molecule has 16 heavy (non-hydrogen) atoms. The Balaban J connectivity index is 2.19. The summed E-state index contributed by atoms with van der Waals surface area (Å²) >= 11 is 0. The van der Waals surface area contributed by atoms with Crippen molar-refractivity contribution in [3.05, 3.63) is 42.4 Å². The lowest BCUT2D eigenvalue weighted by Crippen LogP contribution is -1.93. The van der Waals surface area contributed by atoms with E-state index < -0.39 is 0 Å². The third-order valence-corrected chi connectivity index (χ3v) is 2.60. The van der Waals surface area contributed by atoms with Crippen LogP contribution < -0.4 is 0 Å². The molecular formula is C14H18N2. The highest BCUT2D eigenvalue weighted by atomic mass is 15.0. The van der Waals surface area contributed by atoms with Gasteiger partial charge in [-0.15, -0.1) is 0 Å². The maximum Gasteiger partial charge on any atom is 0.0951 e. The summed E-state index contributed by atoms with van der Waals surface area (Å²) in [5, 5.41) is 0. The van der Waals surface area contributed by atoms with Crippen LogP contribution in [0.5, 0.6) is 0 Å². The largest absolute Gasteiger partial charge is 0.340 e. The van der Waals surface area contributed by atoms with Crippen LogP contribution in [-0.2, 0) is 13.5 Å². The van der Waals surface area contributed by atoms with Crippen molar-refractivity contribution in [1.29, 1.82) is 0 Å². The third-order valence-electron chi connectivity index (χ3n) is 2.60. The molecule has 1 heterocycles. The van der Waals surface area contributed by atoms with Crippen LogP contribution in [0.4, 0.5) is 0 Å². The van der Waals surface area contributed by atoms with Gasteiger partial charge in [0.1, 0.15) is 0 Å². The first-order valence-corrected chi connectivity index (χ1v) is 5.72. The van der Waals surface area contributed by atoms with Gasteiger partial charge < -0.3 is 4.57 Å². The van der Waals surface area contributed by atoms with E-state index >= 15 is 0 Å². The molecule has 0 unspecified atom stereocenters. The number of nitrogens with zero attached hydrogens (tertiary/aromatic N) is 2. The van der Waals surface area contributed by atoms with Crippen molar-refractivity contribution in [2.75, 3.05) is 0 Å². The van der Waals surface area contributed by atoms with Gasteiger partial charge in [0.15, 0.2) is 0 Å². The van der Waals surface area contributed by atoms with Gasteiger partial charge in [0.05, 0.1) is 12.0 Å². The second kappa shape index (κ2) is 4.52. The van der Waals surface area contributed by atoms with Gasteiger partial charge in [-0.2, -0.15) is 0 Å². The number of hydrogen-bond acceptors (Lipinski definition) is 1. The topological polar surface area (TPSA) is 17.8 Å². The first-order valence-electron chi connectivity index (χ1n) is 5.72. The van der Waals surface area contributed by atoms with Crippen LogP contribution in [0.25, 0.3) is 11.3 Å². The Morgan fingerprint density at radius 3 is 2.38 bits per heavy atom. The number of aromatic nitrogens is 2. The highest BCUT2D eigenvalue weighted by Gasteiger charge is 2.02. The van der Waals surface area contributed by atoms with Crippen molar-refractivity contribution < 1.29 is 0 Å². The highest BCUT2D eigenvalue weighted by Crippen LogP contribution is 2.18. The summed E-state index contributed by atoms with van der Waals surface area (Å²) in [6.45, 7) is 4.49. The van der Waals surface area contributed by atoms with E-state index in [0.29, 0.717) is 5.92 Å². The van der Waals surface area contributed by atoms with Crippen molar-refractivity contribution in [3.8, 4) is 11.3 Å². The fraction of sp³-hybridized carbons (Fsp3) is 0.357. The number of benzene rings is 1. The molecule has 2 heteroatoms. The Hall–Kier alpha value is -1.57. The monoisotopic (exact) mass is 214 g/mol. The molecule has 2 rings (SSSR count). The molecule has 0 amide bonds. The van der Waals surface area contributed by atoms with Gasteiger partial charge >= 0.3 is 0 Å². The first-order chi connectivity index (χ1) is 7.65. The quantitative estimate of drug-likeness (QED) is 0.766. The van der Waals surface area contributed by atoms with Crippen LogP contribution in [0.2, 0.25) is 0 Å². The molecule has 0 saturated heterocycles. The molecule has 0 radical (unpaired) electrons. The number of rotatable bonds is 3. The van der Waals surface area contributed by atoms with Gasteiger partial charge in [0.2, 0.25) is 0 Å². The van der Waals surface area contributed by atoms with Crippen LogP contribution in [0, 0.1) is 5.92 Å². The Bertz CT molecular complexity index is 452. The number of imidazole rings is 1. The van der Waals surface area contributed by atoms with Gasteiger partial charge in [-0.3, -0.25) is 0 Å². The molecule has 0 saturated carbocycles. The summed E-state index contributed by atoms with van der Waals surface area (Å²) < 4.78 is 1.97. The fourth-order valence-electron chi connectivity index (χ4n) is 1.84. The molecule has 0 spiro atoms. The molecule has 2 nitrogen and oxygen atoms in total. The number of aryl methyl sites for hydroxylation is 1. The minimum Gasteiger partial charge on any atom is -0.340 e. The van der Waals surface area contributed by atoms with Gasteiger partial charge in [-0.05, 0) is 17.9 Å². The molecule has 0 N–H and O–H groups in total. The van der Waals surface area contributed by atoms with Crippen molar-refractivity contribution in [1.82, 2.24) is 9.55 Å². The van der Waals surface area contributed by atoms with E-state index in [0.717, 1.165) is 12.1 Å². The summed E-state index contributed by atoms with van der Waals surface area (Å²) in [6.07, 6.45) is 5.01.